The number of aryl methyl sites for hydroxylation is 1. The average Bonchev–Trinajstić information content (AvgIpc) is 3.32. The Morgan fingerprint density at radius 2 is 1.42 bits per heavy atom. The summed E-state index contributed by atoms with van der Waals surface area (Å²) in [5, 5.41) is 4.83. The third kappa shape index (κ3) is 5.87. The summed E-state index contributed by atoms with van der Waals surface area (Å²) in [7, 11) is 0. The highest BCUT2D eigenvalue weighted by Gasteiger charge is 2.23. The number of ether oxygens (including phenoxy) is 2. The molecule has 4 aromatic rings. The Morgan fingerprint density at radius 3 is 2.08 bits per heavy atom. The van der Waals surface area contributed by atoms with Gasteiger partial charge in [-0.3, -0.25) is 4.79 Å². The highest BCUT2D eigenvalue weighted by molar-refractivity contribution is 7.15. The number of amides is 1. The molecule has 1 amide bonds. The van der Waals surface area contributed by atoms with Crippen LogP contribution in [0.2, 0.25) is 0 Å². The van der Waals surface area contributed by atoms with Crippen LogP contribution in [0.3, 0.4) is 0 Å². The molecule has 0 aliphatic rings. The zero-order valence-corrected chi connectivity index (χ0v) is 20.8. The minimum absolute atomic E-state index is 0.204. The second-order valence-corrected chi connectivity index (χ2v) is 8.89. The van der Waals surface area contributed by atoms with Crippen molar-refractivity contribution < 1.29 is 23.9 Å². The Hall–Kier alpha value is -4.23. The summed E-state index contributed by atoms with van der Waals surface area (Å²) >= 11 is 1.21. The lowest BCUT2D eigenvalue weighted by atomic mass is 10.0. The Labute approximate surface area is 213 Å². The molecule has 0 spiro atoms. The zero-order chi connectivity index (χ0) is 25.5. The highest BCUT2D eigenvalue weighted by Crippen LogP contribution is 2.36. The van der Waals surface area contributed by atoms with E-state index in [4.69, 9.17) is 9.47 Å². The van der Waals surface area contributed by atoms with Crippen molar-refractivity contribution in [3.8, 4) is 22.3 Å². The Bertz CT molecular complexity index is 1360. The van der Waals surface area contributed by atoms with Crippen LogP contribution >= 0.6 is 11.3 Å². The van der Waals surface area contributed by atoms with Crippen molar-refractivity contribution in [3.63, 3.8) is 0 Å². The lowest BCUT2D eigenvalue weighted by Crippen LogP contribution is -2.21. The molecule has 1 aromatic heterocycles. The summed E-state index contributed by atoms with van der Waals surface area (Å²) in [6, 6.07) is 24.5. The van der Waals surface area contributed by atoms with Gasteiger partial charge >= 0.3 is 11.9 Å². The topological polar surface area (TPSA) is 81.7 Å². The number of benzene rings is 3. The lowest BCUT2D eigenvalue weighted by Gasteiger charge is -2.10. The fourth-order valence-corrected chi connectivity index (χ4v) is 4.58. The van der Waals surface area contributed by atoms with E-state index in [1.807, 2.05) is 73.7 Å². The fraction of sp³-hybridized carbons (Fsp3) is 0.138. The van der Waals surface area contributed by atoms with E-state index >= 15 is 0 Å². The molecule has 4 rings (SSSR count). The van der Waals surface area contributed by atoms with Gasteiger partial charge in [0.25, 0.3) is 5.91 Å². The van der Waals surface area contributed by atoms with E-state index in [0.29, 0.717) is 16.1 Å². The van der Waals surface area contributed by atoms with E-state index in [1.165, 1.54) is 11.3 Å². The van der Waals surface area contributed by atoms with E-state index in [-0.39, 0.29) is 12.2 Å². The second kappa shape index (κ2) is 11.5. The molecule has 0 aliphatic carbocycles. The van der Waals surface area contributed by atoms with Gasteiger partial charge in [-0.15, -0.1) is 11.3 Å². The molecule has 0 unspecified atom stereocenters. The Kier molecular flexibility index (Phi) is 7.92. The van der Waals surface area contributed by atoms with Gasteiger partial charge in [-0.1, -0.05) is 72.3 Å². The van der Waals surface area contributed by atoms with E-state index in [0.717, 1.165) is 22.3 Å². The standard InChI is InChI=1S/C29H25NO5S/c1-3-34-29(33)26-24(22-11-9-19(2)10-12-22)18-36-27(26)30-25(31)17-35-28(32)23-15-13-21(14-16-23)20-7-5-4-6-8-20/h4-16,18H,3,17H2,1-2H3,(H,30,31). The number of hydrogen-bond acceptors (Lipinski definition) is 6. The van der Waals surface area contributed by atoms with Crippen LogP contribution in [0.1, 0.15) is 33.2 Å². The number of thiophene rings is 1. The van der Waals surface area contributed by atoms with Crippen molar-refractivity contribution in [2.24, 2.45) is 0 Å². The van der Waals surface area contributed by atoms with E-state index in [1.54, 1.807) is 24.4 Å². The lowest BCUT2D eigenvalue weighted by molar-refractivity contribution is -0.119. The summed E-state index contributed by atoms with van der Waals surface area (Å²) in [5.74, 6) is -1.69. The van der Waals surface area contributed by atoms with Crippen LogP contribution in [-0.2, 0) is 14.3 Å². The van der Waals surface area contributed by atoms with Gasteiger partial charge in [0, 0.05) is 10.9 Å². The number of carbonyl (C=O) groups is 3. The predicted molar refractivity (Wildman–Crippen MR) is 141 cm³/mol. The Morgan fingerprint density at radius 1 is 0.778 bits per heavy atom. The van der Waals surface area contributed by atoms with E-state index in [9.17, 15) is 14.4 Å². The summed E-state index contributed by atoms with van der Waals surface area (Å²) in [4.78, 5) is 37.7. The minimum atomic E-state index is -0.609. The molecule has 6 nitrogen and oxygen atoms in total. The first-order valence-corrected chi connectivity index (χ1v) is 12.3. The monoisotopic (exact) mass is 499 g/mol. The molecule has 3 aromatic carbocycles. The maximum Gasteiger partial charge on any atom is 0.341 e. The normalized spacial score (nSPS) is 10.5. The number of rotatable bonds is 8. The number of nitrogens with one attached hydrogen (secondary N) is 1. The van der Waals surface area contributed by atoms with Crippen LogP contribution in [0.25, 0.3) is 22.3 Å². The summed E-state index contributed by atoms with van der Waals surface area (Å²) in [6.07, 6.45) is 0. The molecule has 0 bridgehead atoms. The minimum Gasteiger partial charge on any atom is -0.462 e. The summed E-state index contributed by atoms with van der Waals surface area (Å²) in [5.41, 5.74) is 5.23. The van der Waals surface area contributed by atoms with Gasteiger partial charge in [0.05, 0.1) is 12.2 Å². The molecule has 0 aliphatic heterocycles. The van der Waals surface area contributed by atoms with Crippen molar-refractivity contribution >= 4 is 34.2 Å². The number of carbonyl (C=O) groups excluding carboxylic acids is 3. The van der Waals surface area contributed by atoms with E-state index < -0.39 is 24.5 Å². The Balaban J connectivity index is 1.42. The molecule has 7 heteroatoms. The first-order valence-electron chi connectivity index (χ1n) is 11.4. The largest absolute Gasteiger partial charge is 0.462 e. The first-order chi connectivity index (χ1) is 17.5. The summed E-state index contributed by atoms with van der Waals surface area (Å²) in [6.45, 7) is 3.42. The molecule has 1 N–H and O–H groups in total. The molecule has 0 saturated heterocycles. The smallest absolute Gasteiger partial charge is 0.341 e. The van der Waals surface area contributed by atoms with Gasteiger partial charge in [-0.25, -0.2) is 9.59 Å². The highest BCUT2D eigenvalue weighted by atomic mass is 32.1. The number of hydrogen-bond donors (Lipinski definition) is 1. The van der Waals surface area contributed by atoms with Gasteiger partial charge in [0.15, 0.2) is 6.61 Å². The molecular weight excluding hydrogens is 474 g/mol. The molecule has 0 atom stereocenters. The van der Waals surface area contributed by atoms with Crippen LogP contribution < -0.4 is 5.32 Å². The van der Waals surface area contributed by atoms with Crippen LogP contribution in [0, 0.1) is 6.92 Å². The molecule has 1 heterocycles. The third-order valence-electron chi connectivity index (χ3n) is 5.45. The summed E-state index contributed by atoms with van der Waals surface area (Å²) < 4.78 is 10.4. The molecular formula is C29H25NO5S. The van der Waals surface area contributed by atoms with Crippen molar-refractivity contribution in [2.75, 3.05) is 18.5 Å². The van der Waals surface area contributed by atoms with Gasteiger partial charge < -0.3 is 14.8 Å². The van der Waals surface area contributed by atoms with Crippen LogP contribution in [-0.4, -0.2) is 31.1 Å². The van der Waals surface area contributed by atoms with Gasteiger partial charge in [-0.05, 0) is 42.7 Å². The van der Waals surface area contributed by atoms with E-state index in [2.05, 4.69) is 5.32 Å². The second-order valence-electron chi connectivity index (χ2n) is 8.01. The molecule has 0 radical (unpaired) electrons. The van der Waals surface area contributed by atoms with Crippen molar-refractivity contribution in [1.29, 1.82) is 0 Å². The third-order valence-corrected chi connectivity index (χ3v) is 6.34. The average molecular weight is 500 g/mol. The number of esters is 2. The SMILES string of the molecule is CCOC(=O)c1c(-c2ccc(C)cc2)csc1NC(=O)COC(=O)c1ccc(-c2ccccc2)cc1. The van der Waals surface area contributed by atoms with Crippen LogP contribution in [0.4, 0.5) is 5.00 Å². The predicted octanol–water partition coefficient (Wildman–Crippen LogP) is 6.36. The van der Waals surface area contributed by atoms with Gasteiger partial charge in [-0.2, -0.15) is 0 Å². The van der Waals surface area contributed by atoms with Crippen molar-refractivity contribution in [3.05, 3.63) is 101 Å². The molecule has 182 valence electrons. The first kappa shape index (κ1) is 24.9. The molecule has 0 saturated carbocycles. The maximum absolute atomic E-state index is 12.7. The fourth-order valence-electron chi connectivity index (χ4n) is 3.61. The van der Waals surface area contributed by atoms with Crippen LogP contribution in [0.15, 0.2) is 84.2 Å². The van der Waals surface area contributed by atoms with Crippen molar-refractivity contribution in [2.45, 2.75) is 13.8 Å². The molecule has 0 fully saturated rings. The van der Waals surface area contributed by atoms with Crippen molar-refractivity contribution in [1.82, 2.24) is 0 Å². The van der Waals surface area contributed by atoms with Gasteiger partial charge in [0.2, 0.25) is 0 Å². The number of anilines is 1. The van der Waals surface area contributed by atoms with Crippen LogP contribution in [0.5, 0.6) is 0 Å². The van der Waals surface area contributed by atoms with Gasteiger partial charge in [0.1, 0.15) is 10.6 Å². The maximum atomic E-state index is 12.7. The zero-order valence-electron chi connectivity index (χ0n) is 19.9. The molecule has 36 heavy (non-hydrogen) atoms. The quantitative estimate of drug-likeness (QED) is 0.285.